The molecule has 0 saturated heterocycles. The van der Waals surface area contributed by atoms with Crippen LogP contribution in [0.25, 0.3) is 0 Å². The van der Waals surface area contributed by atoms with Gasteiger partial charge in [-0.2, -0.15) is 0 Å². The highest BCUT2D eigenvalue weighted by Gasteiger charge is 2.14. The molecule has 0 spiro atoms. The lowest BCUT2D eigenvalue weighted by atomic mass is 10.0. The van der Waals surface area contributed by atoms with E-state index in [1.54, 1.807) is 12.1 Å². The topological polar surface area (TPSA) is 78.4 Å². The number of nitrogens with one attached hydrogen (secondary N) is 2. The van der Waals surface area contributed by atoms with Crippen LogP contribution >= 0.6 is 0 Å². The van der Waals surface area contributed by atoms with Crippen molar-refractivity contribution in [3.63, 3.8) is 0 Å². The van der Waals surface area contributed by atoms with Crippen LogP contribution in [0.1, 0.15) is 38.8 Å². The van der Waals surface area contributed by atoms with Crippen LogP contribution in [0.15, 0.2) is 24.3 Å². The fourth-order valence-corrected chi connectivity index (χ4v) is 2.51. The molecule has 0 fully saturated rings. The number of aliphatic hydroxyl groups excluding tert-OH is 1. The molecule has 3 atom stereocenters. The van der Waals surface area contributed by atoms with Gasteiger partial charge in [0.15, 0.2) is 0 Å². The minimum Gasteiger partial charge on any atom is -0.392 e. The van der Waals surface area contributed by atoms with Crippen LogP contribution in [0, 0.1) is 5.92 Å². The van der Waals surface area contributed by atoms with E-state index in [0.29, 0.717) is 12.2 Å². The van der Waals surface area contributed by atoms with Gasteiger partial charge in [-0.1, -0.05) is 32.4 Å². The third-order valence-corrected chi connectivity index (χ3v) is 4.25. The van der Waals surface area contributed by atoms with E-state index in [1.165, 1.54) is 0 Å². The number of anilines is 1. The van der Waals surface area contributed by atoms with Crippen LogP contribution < -0.4 is 10.0 Å². The highest BCUT2D eigenvalue weighted by Crippen LogP contribution is 2.17. The lowest BCUT2D eigenvalue weighted by Gasteiger charge is -2.21. The number of sulfonamides is 1. The fraction of sp³-hybridized carbons (Fsp3) is 0.600. The second kappa shape index (κ2) is 7.77. The van der Waals surface area contributed by atoms with Crippen LogP contribution in [-0.4, -0.2) is 32.4 Å². The van der Waals surface area contributed by atoms with Crippen LogP contribution in [0.2, 0.25) is 0 Å². The Labute approximate surface area is 127 Å². The summed E-state index contributed by atoms with van der Waals surface area (Å²) >= 11 is 0. The van der Waals surface area contributed by atoms with E-state index >= 15 is 0 Å². The summed E-state index contributed by atoms with van der Waals surface area (Å²) in [6, 6.07) is 7.32. The number of hydrogen-bond donors (Lipinski definition) is 3. The average Bonchev–Trinajstić information content (AvgIpc) is 2.42. The van der Waals surface area contributed by atoms with Gasteiger partial charge in [-0.15, -0.1) is 0 Å². The molecule has 120 valence electrons. The van der Waals surface area contributed by atoms with Gasteiger partial charge in [0, 0.05) is 18.3 Å². The van der Waals surface area contributed by atoms with E-state index in [4.69, 9.17) is 0 Å². The summed E-state index contributed by atoms with van der Waals surface area (Å²) in [5.74, 6) is 0.269. The molecule has 0 bridgehead atoms. The largest absolute Gasteiger partial charge is 0.392 e. The van der Waals surface area contributed by atoms with Gasteiger partial charge < -0.3 is 10.4 Å². The molecule has 0 radical (unpaired) electrons. The quantitative estimate of drug-likeness (QED) is 0.687. The fourth-order valence-electron chi connectivity index (χ4n) is 1.94. The van der Waals surface area contributed by atoms with Crippen molar-refractivity contribution >= 4 is 15.7 Å². The van der Waals surface area contributed by atoms with Crippen molar-refractivity contribution in [1.29, 1.82) is 0 Å². The third-order valence-electron chi connectivity index (χ3n) is 3.65. The molecule has 6 heteroatoms. The van der Waals surface area contributed by atoms with Gasteiger partial charge in [0.25, 0.3) is 0 Å². The molecular weight excluding hydrogens is 288 g/mol. The molecule has 1 rings (SSSR count). The SMILES string of the molecule is CCC(C)C(O)CNC(C)c1ccc(NS(C)(=O)=O)cc1. The van der Waals surface area contributed by atoms with Gasteiger partial charge in [-0.3, -0.25) is 4.72 Å². The second-order valence-corrected chi connectivity index (χ2v) is 7.33. The van der Waals surface area contributed by atoms with Crippen LogP contribution in [0.3, 0.4) is 0 Å². The highest BCUT2D eigenvalue weighted by atomic mass is 32.2. The standard InChI is InChI=1S/C15H26N2O3S/c1-5-11(2)15(18)10-16-12(3)13-6-8-14(9-7-13)17-21(4,19)20/h6-9,11-12,15-18H,5,10H2,1-4H3. The molecule has 1 aromatic carbocycles. The van der Waals surface area contributed by atoms with E-state index < -0.39 is 10.0 Å². The van der Waals surface area contributed by atoms with Crippen LogP contribution in [0.4, 0.5) is 5.69 Å². The zero-order valence-corrected chi connectivity index (χ0v) is 13.9. The van der Waals surface area contributed by atoms with Crippen molar-refractivity contribution in [1.82, 2.24) is 5.32 Å². The Hall–Kier alpha value is -1.11. The summed E-state index contributed by atoms with van der Waals surface area (Å²) in [7, 11) is -3.24. The van der Waals surface area contributed by atoms with E-state index in [1.807, 2.05) is 26.0 Å². The normalized spacial score (nSPS) is 16.2. The lowest BCUT2D eigenvalue weighted by Crippen LogP contribution is -2.33. The van der Waals surface area contributed by atoms with Gasteiger partial charge in [0.1, 0.15) is 0 Å². The monoisotopic (exact) mass is 314 g/mol. The Morgan fingerprint density at radius 1 is 1.19 bits per heavy atom. The van der Waals surface area contributed by atoms with Crippen molar-refractivity contribution in [2.24, 2.45) is 5.92 Å². The lowest BCUT2D eigenvalue weighted by molar-refractivity contribution is 0.110. The molecule has 1 aromatic rings. The number of hydrogen-bond acceptors (Lipinski definition) is 4. The van der Waals surface area contributed by atoms with Gasteiger partial charge in [0.2, 0.25) is 10.0 Å². The molecule has 0 amide bonds. The minimum absolute atomic E-state index is 0.0935. The summed E-state index contributed by atoms with van der Waals surface area (Å²) in [5, 5.41) is 13.2. The van der Waals surface area contributed by atoms with Gasteiger partial charge in [0.05, 0.1) is 12.4 Å². The van der Waals surface area contributed by atoms with Gasteiger partial charge >= 0.3 is 0 Å². The van der Waals surface area contributed by atoms with Crippen molar-refractivity contribution in [2.45, 2.75) is 39.3 Å². The maximum atomic E-state index is 11.1. The average molecular weight is 314 g/mol. The van der Waals surface area contributed by atoms with Crippen LogP contribution in [0.5, 0.6) is 0 Å². The molecule has 0 saturated carbocycles. The van der Waals surface area contributed by atoms with Gasteiger partial charge in [-0.05, 0) is 30.5 Å². The molecule has 0 aliphatic carbocycles. The molecule has 21 heavy (non-hydrogen) atoms. The molecule has 0 heterocycles. The number of rotatable bonds is 8. The van der Waals surface area contributed by atoms with Crippen molar-refractivity contribution in [2.75, 3.05) is 17.5 Å². The summed E-state index contributed by atoms with van der Waals surface area (Å²) in [5.41, 5.74) is 1.60. The van der Waals surface area contributed by atoms with E-state index in [9.17, 15) is 13.5 Å². The maximum Gasteiger partial charge on any atom is 0.229 e. The Balaban J connectivity index is 2.57. The van der Waals surface area contributed by atoms with Crippen molar-refractivity contribution in [3.05, 3.63) is 29.8 Å². The number of benzene rings is 1. The van der Waals surface area contributed by atoms with Crippen molar-refractivity contribution < 1.29 is 13.5 Å². The van der Waals surface area contributed by atoms with Gasteiger partial charge in [-0.25, -0.2) is 8.42 Å². The molecule has 0 aliphatic heterocycles. The maximum absolute atomic E-state index is 11.1. The Kier molecular flexibility index (Phi) is 6.64. The predicted octanol–water partition coefficient (Wildman–Crippen LogP) is 2.12. The molecule has 5 nitrogen and oxygen atoms in total. The summed E-state index contributed by atoms with van der Waals surface area (Å²) in [4.78, 5) is 0. The van der Waals surface area contributed by atoms with E-state index in [2.05, 4.69) is 17.0 Å². The van der Waals surface area contributed by atoms with Crippen LogP contribution in [-0.2, 0) is 10.0 Å². The third kappa shape index (κ3) is 6.46. The molecule has 0 aliphatic rings. The smallest absolute Gasteiger partial charge is 0.229 e. The molecule has 3 N–H and O–H groups in total. The first-order valence-electron chi connectivity index (χ1n) is 7.22. The first kappa shape index (κ1) is 17.9. The van der Waals surface area contributed by atoms with Crippen molar-refractivity contribution in [3.8, 4) is 0 Å². The zero-order chi connectivity index (χ0) is 16.0. The van der Waals surface area contributed by atoms with E-state index in [-0.39, 0.29) is 18.1 Å². The first-order chi connectivity index (χ1) is 9.73. The molecular formula is C15H26N2O3S. The Morgan fingerprint density at radius 2 is 1.76 bits per heavy atom. The highest BCUT2D eigenvalue weighted by molar-refractivity contribution is 7.92. The second-order valence-electron chi connectivity index (χ2n) is 5.58. The summed E-state index contributed by atoms with van der Waals surface area (Å²) in [6.07, 6.45) is 1.72. The summed E-state index contributed by atoms with van der Waals surface area (Å²) < 4.78 is 24.7. The number of aliphatic hydroxyl groups is 1. The molecule has 0 aromatic heterocycles. The summed E-state index contributed by atoms with van der Waals surface area (Å²) in [6.45, 7) is 6.65. The minimum atomic E-state index is -3.24. The van der Waals surface area contributed by atoms with E-state index in [0.717, 1.165) is 18.2 Å². The zero-order valence-electron chi connectivity index (χ0n) is 13.1. The predicted molar refractivity (Wildman–Crippen MR) is 86.8 cm³/mol. The first-order valence-corrected chi connectivity index (χ1v) is 9.11. The Bertz CT molecular complexity index is 528. The molecule has 3 unspecified atom stereocenters. The Morgan fingerprint density at radius 3 is 2.24 bits per heavy atom.